The summed E-state index contributed by atoms with van der Waals surface area (Å²) in [6.07, 6.45) is 2.87. The highest BCUT2D eigenvalue weighted by atomic mass is 127. The third-order valence-corrected chi connectivity index (χ3v) is 4.24. The maximum absolute atomic E-state index is 4.63. The van der Waals surface area contributed by atoms with E-state index in [1.54, 1.807) is 6.20 Å². The number of halogens is 1. The third-order valence-electron chi connectivity index (χ3n) is 4.24. The lowest BCUT2D eigenvalue weighted by atomic mass is 10.2. The van der Waals surface area contributed by atoms with E-state index in [9.17, 15) is 0 Å². The molecular formula is C18H27IN6. The molecule has 1 aliphatic rings. The zero-order chi connectivity index (χ0) is 16.8. The van der Waals surface area contributed by atoms with Crippen LogP contribution in [0.3, 0.4) is 0 Å². The molecule has 1 unspecified atom stereocenters. The fourth-order valence-electron chi connectivity index (χ4n) is 2.92. The molecule has 0 spiro atoms. The quantitative estimate of drug-likeness (QED) is 0.369. The lowest BCUT2D eigenvalue weighted by Crippen LogP contribution is -2.44. The van der Waals surface area contributed by atoms with E-state index < -0.39 is 0 Å². The lowest BCUT2D eigenvalue weighted by molar-refractivity contribution is 0.648. The first-order valence-electron chi connectivity index (χ1n) is 8.59. The number of guanidine groups is 1. The second-order valence-electron chi connectivity index (χ2n) is 6.19. The number of rotatable bonds is 5. The van der Waals surface area contributed by atoms with Crippen molar-refractivity contribution in [2.75, 3.05) is 24.5 Å². The Morgan fingerprint density at radius 3 is 2.80 bits per heavy atom. The largest absolute Gasteiger partial charge is 0.369 e. The van der Waals surface area contributed by atoms with Crippen LogP contribution in [0.25, 0.3) is 0 Å². The smallest absolute Gasteiger partial charge is 0.191 e. The second-order valence-corrected chi connectivity index (χ2v) is 6.19. The van der Waals surface area contributed by atoms with Gasteiger partial charge in [-0.25, -0.2) is 4.99 Å². The molecule has 1 atom stereocenters. The van der Waals surface area contributed by atoms with E-state index in [0.717, 1.165) is 37.7 Å². The number of H-pyrrole nitrogens is 1. The summed E-state index contributed by atoms with van der Waals surface area (Å²) in [4.78, 5) is 7.06. The molecule has 1 saturated heterocycles. The Kier molecular flexibility index (Phi) is 7.54. The minimum Gasteiger partial charge on any atom is -0.369 e. The summed E-state index contributed by atoms with van der Waals surface area (Å²) in [5.41, 5.74) is 3.61. The summed E-state index contributed by atoms with van der Waals surface area (Å²) < 4.78 is 0. The highest BCUT2D eigenvalue weighted by Crippen LogP contribution is 2.20. The van der Waals surface area contributed by atoms with Crippen LogP contribution in [0, 0.1) is 6.92 Å². The van der Waals surface area contributed by atoms with Crippen molar-refractivity contribution < 1.29 is 0 Å². The van der Waals surface area contributed by atoms with E-state index in [2.05, 4.69) is 68.8 Å². The molecule has 1 fully saturated rings. The lowest BCUT2D eigenvalue weighted by Gasteiger charge is -2.20. The van der Waals surface area contributed by atoms with E-state index in [1.807, 2.05) is 6.07 Å². The van der Waals surface area contributed by atoms with Crippen LogP contribution in [-0.4, -0.2) is 41.8 Å². The van der Waals surface area contributed by atoms with Gasteiger partial charge in [0.15, 0.2) is 5.96 Å². The molecule has 2 heterocycles. The molecule has 0 aliphatic carbocycles. The van der Waals surface area contributed by atoms with Gasteiger partial charge in [0.1, 0.15) is 0 Å². The number of hydrogen-bond acceptors (Lipinski definition) is 3. The third kappa shape index (κ3) is 5.62. The summed E-state index contributed by atoms with van der Waals surface area (Å²) in [5, 5.41) is 13.8. The maximum Gasteiger partial charge on any atom is 0.191 e. The van der Waals surface area contributed by atoms with Gasteiger partial charge in [-0.1, -0.05) is 17.7 Å². The molecule has 6 nitrogen and oxygen atoms in total. The van der Waals surface area contributed by atoms with Gasteiger partial charge in [0, 0.05) is 37.6 Å². The van der Waals surface area contributed by atoms with Gasteiger partial charge in [0.05, 0.1) is 12.2 Å². The summed E-state index contributed by atoms with van der Waals surface area (Å²) in [5.74, 6) is 0.864. The molecule has 0 amide bonds. The number of aromatic nitrogens is 2. The van der Waals surface area contributed by atoms with Crippen LogP contribution in [0.2, 0.25) is 0 Å². The van der Waals surface area contributed by atoms with E-state index in [1.165, 1.54) is 11.3 Å². The highest BCUT2D eigenvalue weighted by molar-refractivity contribution is 14.0. The molecule has 1 aromatic heterocycles. The van der Waals surface area contributed by atoms with Crippen molar-refractivity contribution in [2.45, 2.75) is 32.9 Å². The minimum absolute atomic E-state index is 0. The molecule has 136 valence electrons. The van der Waals surface area contributed by atoms with Gasteiger partial charge in [0.25, 0.3) is 0 Å². The predicted molar refractivity (Wildman–Crippen MR) is 114 cm³/mol. The molecule has 1 aliphatic heterocycles. The van der Waals surface area contributed by atoms with Crippen molar-refractivity contribution in [3.8, 4) is 0 Å². The Morgan fingerprint density at radius 1 is 1.32 bits per heavy atom. The Labute approximate surface area is 166 Å². The van der Waals surface area contributed by atoms with E-state index in [-0.39, 0.29) is 24.0 Å². The number of anilines is 1. The molecular weight excluding hydrogens is 427 g/mol. The Morgan fingerprint density at radius 2 is 2.12 bits per heavy atom. The predicted octanol–water partition coefficient (Wildman–Crippen LogP) is 2.67. The van der Waals surface area contributed by atoms with Crippen molar-refractivity contribution in [2.24, 2.45) is 4.99 Å². The number of aliphatic imine (C=N–C) groups is 1. The Bertz CT molecular complexity index is 653. The minimum atomic E-state index is 0. The molecule has 25 heavy (non-hydrogen) atoms. The van der Waals surface area contributed by atoms with Gasteiger partial charge in [-0.2, -0.15) is 5.10 Å². The van der Waals surface area contributed by atoms with Gasteiger partial charge in [0.2, 0.25) is 0 Å². The van der Waals surface area contributed by atoms with E-state index >= 15 is 0 Å². The van der Waals surface area contributed by atoms with Crippen LogP contribution in [0.15, 0.2) is 41.5 Å². The fourth-order valence-corrected chi connectivity index (χ4v) is 2.92. The van der Waals surface area contributed by atoms with Gasteiger partial charge in [-0.3, -0.25) is 5.10 Å². The molecule has 2 aromatic rings. The topological polar surface area (TPSA) is 68.3 Å². The van der Waals surface area contributed by atoms with Gasteiger partial charge in [-0.05, 0) is 38.5 Å². The summed E-state index contributed by atoms with van der Waals surface area (Å²) in [7, 11) is 0. The van der Waals surface area contributed by atoms with Gasteiger partial charge in [-0.15, -0.1) is 24.0 Å². The zero-order valence-corrected chi connectivity index (χ0v) is 17.2. The first-order valence-corrected chi connectivity index (χ1v) is 8.59. The standard InChI is InChI=1S/C18H26N6.HI/c1-3-19-18(20-12-15-8-10-21-23-15)22-16-9-11-24(13-16)17-6-4-14(2)5-7-17;/h4-8,10,16H,3,9,11-13H2,1-2H3,(H,21,23)(H2,19,20,22);1H. The normalized spacial score (nSPS) is 17.3. The molecule has 0 saturated carbocycles. The number of aryl methyl sites for hydroxylation is 1. The van der Waals surface area contributed by atoms with Crippen LogP contribution in [0.5, 0.6) is 0 Å². The number of aromatic amines is 1. The van der Waals surface area contributed by atoms with Crippen molar-refractivity contribution in [1.29, 1.82) is 0 Å². The van der Waals surface area contributed by atoms with Gasteiger partial charge >= 0.3 is 0 Å². The maximum atomic E-state index is 4.63. The number of benzene rings is 1. The second kappa shape index (κ2) is 9.65. The van der Waals surface area contributed by atoms with E-state index in [0.29, 0.717) is 12.6 Å². The average molecular weight is 454 g/mol. The molecule has 3 rings (SSSR count). The summed E-state index contributed by atoms with van der Waals surface area (Å²) >= 11 is 0. The molecule has 0 radical (unpaired) electrons. The monoisotopic (exact) mass is 454 g/mol. The van der Waals surface area contributed by atoms with Crippen LogP contribution >= 0.6 is 24.0 Å². The molecule has 0 bridgehead atoms. The van der Waals surface area contributed by atoms with Crippen molar-refractivity contribution in [1.82, 2.24) is 20.8 Å². The van der Waals surface area contributed by atoms with Crippen LogP contribution in [0.4, 0.5) is 5.69 Å². The van der Waals surface area contributed by atoms with E-state index in [4.69, 9.17) is 0 Å². The molecule has 7 heteroatoms. The number of nitrogens with one attached hydrogen (secondary N) is 3. The van der Waals surface area contributed by atoms with Gasteiger partial charge < -0.3 is 15.5 Å². The Balaban J connectivity index is 0.00000225. The fraction of sp³-hybridized carbons (Fsp3) is 0.444. The molecule has 3 N–H and O–H groups in total. The van der Waals surface area contributed by atoms with Crippen LogP contribution in [0.1, 0.15) is 24.6 Å². The highest BCUT2D eigenvalue weighted by Gasteiger charge is 2.23. The van der Waals surface area contributed by atoms with Crippen LogP contribution < -0.4 is 15.5 Å². The first kappa shape index (κ1) is 19.6. The Hall–Kier alpha value is -1.77. The van der Waals surface area contributed by atoms with Crippen LogP contribution in [-0.2, 0) is 6.54 Å². The van der Waals surface area contributed by atoms with Crippen molar-refractivity contribution >= 4 is 35.6 Å². The number of nitrogens with zero attached hydrogens (tertiary/aromatic N) is 3. The zero-order valence-electron chi connectivity index (χ0n) is 14.8. The first-order chi connectivity index (χ1) is 11.7. The van der Waals surface area contributed by atoms with Crippen molar-refractivity contribution in [3.05, 3.63) is 47.8 Å². The summed E-state index contributed by atoms with van der Waals surface area (Å²) in [6.45, 7) is 7.72. The van der Waals surface area contributed by atoms with Crippen molar-refractivity contribution in [3.63, 3.8) is 0 Å². The summed E-state index contributed by atoms with van der Waals surface area (Å²) in [6, 6.07) is 11.1. The molecule has 1 aromatic carbocycles. The SMILES string of the molecule is CCNC(=NCc1ccn[nH]1)NC1CCN(c2ccc(C)cc2)C1.I. The number of hydrogen-bond donors (Lipinski definition) is 3. The average Bonchev–Trinajstić information content (AvgIpc) is 3.25.